The fraction of sp³-hybridized carbons (Fsp3) is 0.370. The predicted molar refractivity (Wildman–Crippen MR) is 252 cm³/mol. The molecule has 2 aromatic rings. The summed E-state index contributed by atoms with van der Waals surface area (Å²) in [6.45, 7) is 5.37. The molecule has 7 aliphatic rings. The van der Waals surface area contributed by atoms with Gasteiger partial charge in [0.25, 0.3) is 0 Å². The van der Waals surface area contributed by atoms with Crippen molar-refractivity contribution in [2.75, 3.05) is 9.72 Å². The van der Waals surface area contributed by atoms with Crippen molar-refractivity contribution < 1.29 is 4.74 Å². The molecule has 3 nitrogen and oxygen atoms in total. The van der Waals surface area contributed by atoms with E-state index >= 15 is 0 Å². The van der Waals surface area contributed by atoms with Gasteiger partial charge in [-0.1, -0.05) is 159 Å². The molecule has 0 amide bonds. The van der Waals surface area contributed by atoms with Crippen LogP contribution in [0, 0.1) is 29.6 Å². The third kappa shape index (κ3) is 7.84. The lowest BCUT2D eigenvalue weighted by molar-refractivity contribution is 0.0680. The third-order valence-corrected chi connectivity index (χ3v) is 14.9. The van der Waals surface area contributed by atoms with Gasteiger partial charge < -0.3 is 9.64 Å². The van der Waals surface area contributed by atoms with Gasteiger partial charge in [0, 0.05) is 41.0 Å². The number of fused-ring (bicyclic) bond motifs is 4. The van der Waals surface area contributed by atoms with Crippen LogP contribution in [0.4, 0.5) is 5.69 Å². The molecule has 4 heteroatoms. The summed E-state index contributed by atoms with van der Waals surface area (Å²) in [7, 11) is 0. The van der Waals surface area contributed by atoms with E-state index in [0.29, 0.717) is 42.4 Å². The highest BCUT2D eigenvalue weighted by atomic mass is 127. The zero-order valence-corrected chi connectivity index (χ0v) is 36.5. The van der Waals surface area contributed by atoms with Crippen LogP contribution < -0.4 is 3.11 Å². The van der Waals surface area contributed by atoms with Gasteiger partial charge in [-0.2, -0.15) is 0 Å². The SMILES string of the molecule is CCCC1=C(C(CC)/C2=C(\N(I)c3ccc(-c4ccccc4)cc3)[C@@H](C3=CCC(N4C5=CC=CCC5C5C=CC=CC54)C=C3)CCC3C=CC=CC3OC2)CCC=C1. The Morgan fingerprint density at radius 3 is 2.43 bits per heavy atom. The second-order valence-electron chi connectivity index (χ2n) is 17.1. The summed E-state index contributed by atoms with van der Waals surface area (Å²) in [5.74, 6) is 2.04. The Hall–Kier alpha value is -4.13. The first-order valence-electron chi connectivity index (χ1n) is 22.2. The summed E-state index contributed by atoms with van der Waals surface area (Å²) in [6.07, 6.45) is 48.2. The first-order valence-corrected chi connectivity index (χ1v) is 23.2. The summed E-state index contributed by atoms with van der Waals surface area (Å²) in [5, 5.41) is 0. The molecule has 5 aliphatic carbocycles. The lowest BCUT2D eigenvalue weighted by atomic mass is 9.76. The maximum Gasteiger partial charge on any atom is 0.0825 e. The van der Waals surface area contributed by atoms with Gasteiger partial charge in [0.1, 0.15) is 0 Å². The van der Waals surface area contributed by atoms with Gasteiger partial charge in [-0.25, -0.2) is 0 Å². The second kappa shape index (κ2) is 18.0. The van der Waals surface area contributed by atoms with Crippen LogP contribution in [0.1, 0.15) is 71.6 Å². The first kappa shape index (κ1) is 39.3. The summed E-state index contributed by atoms with van der Waals surface area (Å²) in [6, 6.07) is 20.8. The van der Waals surface area contributed by atoms with Crippen LogP contribution in [0.15, 0.2) is 186 Å². The normalized spacial score (nSPS) is 30.5. The van der Waals surface area contributed by atoms with Crippen molar-refractivity contribution in [1.29, 1.82) is 0 Å². The molecule has 298 valence electrons. The highest BCUT2D eigenvalue weighted by Gasteiger charge is 2.45. The Kier molecular flexibility index (Phi) is 12.2. The van der Waals surface area contributed by atoms with Crippen molar-refractivity contribution >= 4 is 28.6 Å². The highest BCUT2D eigenvalue weighted by molar-refractivity contribution is 14.1. The quantitative estimate of drug-likeness (QED) is 0.175. The lowest BCUT2D eigenvalue weighted by Gasteiger charge is -2.38. The van der Waals surface area contributed by atoms with E-state index in [1.54, 1.807) is 11.1 Å². The minimum atomic E-state index is 0.0902. The summed E-state index contributed by atoms with van der Waals surface area (Å²) >= 11 is 2.66. The number of halogens is 1. The molecule has 0 aromatic heterocycles. The van der Waals surface area contributed by atoms with Crippen molar-refractivity contribution in [3.63, 3.8) is 0 Å². The van der Waals surface area contributed by atoms with Crippen LogP contribution in [0.5, 0.6) is 0 Å². The Labute approximate surface area is 361 Å². The number of anilines is 1. The Morgan fingerprint density at radius 1 is 0.810 bits per heavy atom. The zero-order chi connectivity index (χ0) is 39.4. The molecule has 9 rings (SSSR count). The van der Waals surface area contributed by atoms with E-state index in [1.807, 2.05) is 0 Å². The molecule has 2 heterocycles. The fourth-order valence-electron chi connectivity index (χ4n) is 11.0. The van der Waals surface area contributed by atoms with Gasteiger partial charge in [0.15, 0.2) is 0 Å². The number of nitrogens with zero attached hydrogens (tertiary/aromatic N) is 2. The monoisotopic (exact) mass is 878 g/mol. The molecule has 0 spiro atoms. The smallest absolute Gasteiger partial charge is 0.0825 e. The second-order valence-corrected chi connectivity index (χ2v) is 18.1. The molecule has 0 radical (unpaired) electrons. The average molecular weight is 879 g/mol. The Bertz CT molecular complexity index is 2160. The van der Waals surface area contributed by atoms with Crippen molar-refractivity contribution in [3.05, 3.63) is 186 Å². The van der Waals surface area contributed by atoms with Gasteiger partial charge in [-0.3, -0.25) is 3.11 Å². The van der Waals surface area contributed by atoms with Crippen molar-refractivity contribution in [3.8, 4) is 11.1 Å². The topological polar surface area (TPSA) is 15.7 Å². The maximum absolute atomic E-state index is 7.13. The van der Waals surface area contributed by atoms with E-state index in [9.17, 15) is 0 Å². The molecule has 58 heavy (non-hydrogen) atoms. The molecule has 0 saturated carbocycles. The molecule has 1 saturated heterocycles. The van der Waals surface area contributed by atoms with Crippen LogP contribution >= 0.6 is 22.9 Å². The van der Waals surface area contributed by atoms with E-state index < -0.39 is 0 Å². The summed E-state index contributed by atoms with van der Waals surface area (Å²) in [5.41, 5.74) is 12.8. The van der Waals surface area contributed by atoms with E-state index in [2.05, 4.69) is 197 Å². The number of ether oxygens (including phenoxy) is 1. The van der Waals surface area contributed by atoms with E-state index in [4.69, 9.17) is 4.74 Å². The number of rotatable bonds is 10. The Balaban J connectivity index is 1.15. The molecule has 0 bridgehead atoms. The molecule has 8 atom stereocenters. The van der Waals surface area contributed by atoms with E-state index in [1.165, 1.54) is 39.4 Å². The number of benzene rings is 2. The highest BCUT2D eigenvalue weighted by Crippen LogP contribution is 2.49. The van der Waals surface area contributed by atoms with Crippen LogP contribution in [-0.4, -0.2) is 29.7 Å². The van der Waals surface area contributed by atoms with Crippen molar-refractivity contribution in [2.24, 2.45) is 29.6 Å². The molecule has 2 aliphatic heterocycles. The first-order chi connectivity index (χ1) is 28.6. The Morgan fingerprint density at radius 2 is 1.62 bits per heavy atom. The van der Waals surface area contributed by atoms with Gasteiger partial charge in [0.2, 0.25) is 0 Å². The van der Waals surface area contributed by atoms with Crippen LogP contribution in [0.2, 0.25) is 0 Å². The van der Waals surface area contributed by atoms with Crippen LogP contribution in [0.3, 0.4) is 0 Å². The zero-order valence-electron chi connectivity index (χ0n) is 34.3. The molecule has 7 unspecified atom stereocenters. The largest absolute Gasteiger partial charge is 0.369 e. The van der Waals surface area contributed by atoms with Gasteiger partial charge in [-0.15, -0.1) is 0 Å². The molecule has 0 N–H and O–H groups in total. The molecular weight excluding hydrogens is 820 g/mol. The number of hydrogen-bond donors (Lipinski definition) is 0. The van der Waals surface area contributed by atoms with Crippen molar-refractivity contribution in [2.45, 2.75) is 89.8 Å². The average Bonchev–Trinajstić information content (AvgIpc) is 3.65. The van der Waals surface area contributed by atoms with Gasteiger partial charge >= 0.3 is 0 Å². The van der Waals surface area contributed by atoms with Crippen LogP contribution in [0.25, 0.3) is 11.1 Å². The van der Waals surface area contributed by atoms with E-state index in [0.717, 1.165) is 57.8 Å². The predicted octanol–water partition coefficient (Wildman–Crippen LogP) is 13.9. The fourth-order valence-corrected chi connectivity index (χ4v) is 12.0. The summed E-state index contributed by atoms with van der Waals surface area (Å²) < 4.78 is 9.66. The minimum absolute atomic E-state index is 0.0902. The maximum atomic E-state index is 7.13. The summed E-state index contributed by atoms with van der Waals surface area (Å²) in [4.78, 5) is 2.76. The standard InChI is InChI=1S/C54H59IN2O/c1-3-16-40-19-8-10-21-46(40)45(4-2)50-37-58-53-26-15-9-20-42(53)31-36-47(54(50)57(55)44-34-27-39(28-35-44)38-17-6-5-7-18-38)41-29-32-43(33-30-41)56-51-24-13-11-22-48(51)49-23-12-14-25-52(49)56/h5-9,11-15,17-20,22,24-30,32,34-35,42-43,45,47-49,51,53H,3-4,10,16,21,23,31,33,36-37H2,1-2H3/b54-50-/t42?,43?,45?,47-,48?,49?,51?,53?/m1/s1. The number of hydrogen-bond acceptors (Lipinski definition) is 3. The number of allylic oxidation sites excluding steroid dienone is 14. The third-order valence-electron chi connectivity index (χ3n) is 13.8. The van der Waals surface area contributed by atoms with Gasteiger partial charge in [-0.05, 0) is 97.4 Å². The molecule has 2 aromatic carbocycles. The molecular formula is C54H59IN2O. The minimum Gasteiger partial charge on any atom is -0.369 e. The van der Waals surface area contributed by atoms with Gasteiger partial charge in [0.05, 0.1) is 53.3 Å². The number of likely N-dealkylation sites (tertiary alicyclic amines) is 1. The lowest BCUT2D eigenvalue weighted by Crippen LogP contribution is -2.39. The van der Waals surface area contributed by atoms with Crippen molar-refractivity contribution in [1.82, 2.24) is 4.90 Å². The van der Waals surface area contributed by atoms with E-state index in [-0.39, 0.29) is 12.0 Å². The van der Waals surface area contributed by atoms with Crippen LogP contribution in [-0.2, 0) is 4.74 Å². The molecule has 1 fully saturated rings.